The van der Waals surface area contributed by atoms with Gasteiger partial charge < -0.3 is 4.90 Å². The number of anilines is 2. The van der Waals surface area contributed by atoms with Crippen LogP contribution in [-0.2, 0) is 0 Å². The quantitative estimate of drug-likeness (QED) is 0.822. The summed E-state index contributed by atoms with van der Waals surface area (Å²) < 4.78 is 1.05. The van der Waals surface area contributed by atoms with Crippen LogP contribution >= 0.6 is 15.9 Å². The van der Waals surface area contributed by atoms with E-state index in [1.165, 1.54) is 16.8 Å². The molecule has 0 amide bonds. The highest BCUT2D eigenvalue weighted by atomic mass is 79.9. The van der Waals surface area contributed by atoms with E-state index in [1.807, 2.05) is 6.20 Å². The summed E-state index contributed by atoms with van der Waals surface area (Å²) in [5, 5.41) is 0. The zero-order valence-corrected chi connectivity index (χ0v) is 12.5. The van der Waals surface area contributed by atoms with Gasteiger partial charge in [0.15, 0.2) is 0 Å². The number of hydrogen-bond acceptors (Lipinski definition) is 2. The van der Waals surface area contributed by atoms with Crippen molar-refractivity contribution in [2.45, 2.75) is 20.8 Å². The summed E-state index contributed by atoms with van der Waals surface area (Å²) in [6.07, 6.45) is 1.86. The van der Waals surface area contributed by atoms with Gasteiger partial charge in [0.2, 0.25) is 0 Å². The molecule has 2 rings (SSSR count). The van der Waals surface area contributed by atoms with Crippen molar-refractivity contribution in [3.05, 3.63) is 52.1 Å². The van der Waals surface area contributed by atoms with Gasteiger partial charge in [0, 0.05) is 22.9 Å². The lowest BCUT2D eigenvalue weighted by molar-refractivity contribution is 0.984. The third-order valence-electron chi connectivity index (χ3n) is 2.94. The first kappa shape index (κ1) is 13.1. The predicted octanol–water partition coefficient (Wildman–Crippen LogP) is 4.62. The topological polar surface area (TPSA) is 16.1 Å². The molecule has 1 heterocycles. The second-order valence-electron chi connectivity index (χ2n) is 4.37. The summed E-state index contributed by atoms with van der Waals surface area (Å²) in [6.45, 7) is 7.23. The van der Waals surface area contributed by atoms with Crippen LogP contribution in [0.25, 0.3) is 0 Å². The zero-order chi connectivity index (χ0) is 13.1. The van der Waals surface area contributed by atoms with E-state index in [4.69, 9.17) is 0 Å². The Hall–Kier alpha value is -1.35. The first-order valence-corrected chi connectivity index (χ1v) is 6.87. The van der Waals surface area contributed by atoms with E-state index in [1.54, 1.807) is 0 Å². The van der Waals surface area contributed by atoms with Gasteiger partial charge in [-0.25, -0.2) is 4.98 Å². The minimum Gasteiger partial charge on any atom is -0.327 e. The number of rotatable bonds is 3. The van der Waals surface area contributed by atoms with E-state index < -0.39 is 0 Å². The number of pyridine rings is 1. The third-order valence-corrected chi connectivity index (χ3v) is 3.77. The van der Waals surface area contributed by atoms with Gasteiger partial charge >= 0.3 is 0 Å². The summed E-state index contributed by atoms with van der Waals surface area (Å²) in [5.41, 5.74) is 3.65. The summed E-state index contributed by atoms with van der Waals surface area (Å²) in [6, 6.07) is 10.6. The fraction of sp³-hybridized carbons (Fsp3) is 0.267. The lowest BCUT2D eigenvalue weighted by Crippen LogP contribution is -2.17. The second kappa shape index (κ2) is 5.53. The average Bonchev–Trinajstić information content (AvgIpc) is 2.35. The van der Waals surface area contributed by atoms with Gasteiger partial charge in [-0.15, -0.1) is 0 Å². The van der Waals surface area contributed by atoms with Crippen molar-refractivity contribution in [3.63, 3.8) is 0 Å². The summed E-state index contributed by atoms with van der Waals surface area (Å²) >= 11 is 3.49. The molecule has 0 unspecified atom stereocenters. The van der Waals surface area contributed by atoms with Crippen molar-refractivity contribution >= 4 is 27.4 Å². The van der Waals surface area contributed by atoms with Crippen molar-refractivity contribution in [1.29, 1.82) is 0 Å². The monoisotopic (exact) mass is 304 g/mol. The van der Waals surface area contributed by atoms with Crippen LogP contribution in [0.2, 0.25) is 0 Å². The Bertz CT molecular complexity index is 552. The fourth-order valence-electron chi connectivity index (χ4n) is 1.94. The van der Waals surface area contributed by atoms with E-state index in [0.717, 1.165) is 16.8 Å². The molecule has 0 aliphatic rings. The molecule has 0 bridgehead atoms. The Morgan fingerprint density at radius 3 is 2.61 bits per heavy atom. The molecule has 0 fully saturated rings. The molecule has 0 N–H and O–H groups in total. The van der Waals surface area contributed by atoms with E-state index in [-0.39, 0.29) is 0 Å². The molecule has 3 heteroatoms. The Balaban J connectivity index is 2.42. The van der Waals surface area contributed by atoms with Crippen molar-refractivity contribution in [2.75, 3.05) is 11.4 Å². The van der Waals surface area contributed by atoms with Gasteiger partial charge in [-0.05, 0) is 66.0 Å². The number of nitrogens with zero attached hydrogens (tertiary/aromatic N) is 2. The van der Waals surface area contributed by atoms with Crippen LogP contribution in [0.4, 0.5) is 11.5 Å². The maximum absolute atomic E-state index is 4.50. The number of benzene rings is 1. The minimum atomic E-state index is 0.900. The van der Waals surface area contributed by atoms with E-state index in [9.17, 15) is 0 Å². The van der Waals surface area contributed by atoms with Crippen molar-refractivity contribution in [3.8, 4) is 0 Å². The summed E-state index contributed by atoms with van der Waals surface area (Å²) in [5.74, 6) is 0.990. The molecule has 94 valence electrons. The first-order chi connectivity index (χ1) is 8.61. The SMILES string of the molecule is CCN(c1cccc(C)c1)c1cc(C)c(Br)cn1. The molecule has 0 atom stereocenters. The van der Waals surface area contributed by atoms with Gasteiger partial charge in [-0.1, -0.05) is 12.1 Å². The predicted molar refractivity (Wildman–Crippen MR) is 80.5 cm³/mol. The standard InChI is InChI=1S/C15H17BrN2/c1-4-18(13-7-5-6-11(2)8-13)15-9-12(3)14(16)10-17-15/h5-10H,4H2,1-3H3. The highest BCUT2D eigenvalue weighted by Crippen LogP contribution is 2.26. The molecule has 18 heavy (non-hydrogen) atoms. The van der Waals surface area contributed by atoms with Crippen molar-refractivity contribution in [1.82, 2.24) is 4.98 Å². The molecular weight excluding hydrogens is 288 g/mol. The molecule has 1 aromatic heterocycles. The first-order valence-electron chi connectivity index (χ1n) is 6.08. The van der Waals surface area contributed by atoms with Gasteiger partial charge in [0.05, 0.1) is 0 Å². The smallest absolute Gasteiger partial charge is 0.133 e. The van der Waals surface area contributed by atoms with Crippen LogP contribution < -0.4 is 4.90 Å². The van der Waals surface area contributed by atoms with Crippen LogP contribution in [0.3, 0.4) is 0 Å². The normalized spacial score (nSPS) is 10.4. The fourth-order valence-corrected chi connectivity index (χ4v) is 2.16. The maximum Gasteiger partial charge on any atom is 0.133 e. The Morgan fingerprint density at radius 2 is 2.00 bits per heavy atom. The zero-order valence-electron chi connectivity index (χ0n) is 10.9. The average molecular weight is 305 g/mol. The van der Waals surface area contributed by atoms with Crippen LogP contribution in [0.1, 0.15) is 18.1 Å². The van der Waals surface area contributed by atoms with Crippen LogP contribution in [0, 0.1) is 13.8 Å². The molecule has 0 spiro atoms. The Labute approximate surface area is 117 Å². The number of halogens is 1. The van der Waals surface area contributed by atoms with E-state index >= 15 is 0 Å². The minimum absolute atomic E-state index is 0.900. The summed E-state index contributed by atoms with van der Waals surface area (Å²) in [7, 11) is 0. The molecule has 0 aliphatic carbocycles. The number of hydrogen-bond donors (Lipinski definition) is 0. The lowest BCUT2D eigenvalue weighted by Gasteiger charge is -2.23. The summed E-state index contributed by atoms with van der Waals surface area (Å²) in [4.78, 5) is 6.71. The molecule has 2 aromatic rings. The maximum atomic E-state index is 4.50. The van der Waals surface area contributed by atoms with Gasteiger partial charge in [-0.3, -0.25) is 0 Å². The molecule has 0 aliphatic heterocycles. The molecule has 1 aromatic carbocycles. The van der Waals surface area contributed by atoms with Crippen LogP contribution in [0.5, 0.6) is 0 Å². The van der Waals surface area contributed by atoms with Crippen molar-refractivity contribution in [2.24, 2.45) is 0 Å². The second-order valence-corrected chi connectivity index (χ2v) is 5.23. The Morgan fingerprint density at radius 1 is 1.22 bits per heavy atom. The molecule has 0 saturated carbocycles. The van der Waals surface area contributed by atoms with Gasteiger partial charge in [0.25, 0.3) is 0 Å². The van der Waals surface area contributed by atoms with E-state index in [2.05, 4.69) is 76.9 Å². The Kier molecular flexibility index (Phi) is 4.02. The lowest BCUT2D eigenvalue weighted by atomic mass is 10.2. The highest BCUT2D eigenvalue weighted by molar-refractivity contribution is 9.10. The van der Waals surface area contributed by atoms with Crippen molar-refractivity contribution < 1.29 is 0 Å². The van der Waals surface area contributed by atoms with Gasteiger partial charge in [-0.2, -0.15) is 0 Å². The molecule has 2 nitrogen and oxygen atoms in total. The molecular formula is C15H17BrN2. The largest absolute Gasteiger partial charge is 0.327 e. The molecule has 0 saturated heterocycles. The molecule has 0 radical (unpaired) electrons. The number of aromatic nitrogens is 1. The van der Waals surface area contributed by atoms with Crippen LogP contribution in [-0.4, -0.2) is 11.5 Å². The van der Waals surface area contributed by atoms with E-state index in [0.29, 0.717) is 0 Å². The number of aryl methyl sites for hydroxylation is 2. The van der Waals surface area contributed by atoms with Crippen LogP contribution in [0.15, 0.2) is 41.0 Å². The highest BCUT2D eigenvalue weighted by Gasteiger charge is 2.09. The third kappa shape index (κ3) is 2.72. The van der Waals surface area contributed by atoms with Gasteiger partial charge in [0.1, 0.15) is 5.82 Å².